The average Bonchev–Trinajstić information content (AvgIpc) is 3.32. The SMILES string of the molecule is CC#N.CCN(CCc1ccccc1)C(C)CCc1ccc(C2CC(C(F)(F)F)C(C(F)(F)F)C2)cc1. The van der Waals surface area contributed by atoms with Crippen LogP contribution in [0.4, 0.5) is 26.3 Å². The molecule has 0 bridgehead atoms. The maximum absolute atomic E-state index is 13.2. The van der Waals surface area contributed by atoms with Crippen LogP contribution in [0, 0.1) is 23.2 Å². The Bertz CT molecular complexity index is 941. The highest BCUT2D eigenvalue weighted by Gasteiger charge is 2.59. The Kier molecular flexibility index (Phi) is 11.5. The van der Waals surface area contributed by atoms with Gasteiger partial charge in [0.2, 0.25) is 0 Å². The second-order valence-electron chi connectivity index (χ2n) is 9.68. The van der Waals surface area contributed by atoms with E-state index in [1.54, 1.807) is 18.2 Å². The van der Waals surface area contributed by atoms with E-state index in [0.717, 1.165) is 37.9 Å². The Morgan fingerprint density at radius 3 is 1.81 bits per heavy atom. The minimum Gasteiger partial charge on any atom is -0.301 e. The molecule has 0 aromatic heterocycles. The van der Waals surface area contributed by atoms with Crippen molar-refractivity contribution < 1.29 is 26.3 Å². The zero-order valence-electron chi connectivity index (χ0n) is 21.6. The molecule has 0 heterocycles. The lowest BCUT2D eigenvalue weighted by Gasteiger charge is -2.28. The third kappa shape index (κ3) is 9.37. The van der Waals surface area contributed by atoms with Crippen LogP contribution < -0.4 is 0 Å². The fourth-order valence-corrected chi connectivity index (χ4v) is 5.16. The van der Waals surface area contributed by atoms with Gasteiger partial charge in [-0.2, -0.15) is 31.6 Å². The highest BCUT2D eigenvalue weighted by molar-refractivity contribution is 5.27. The Morgan fingerprint density at radius 1 is 0.865 bits per heavy atom. The maximum atomic E-state index is 13.2. The summed E-state index contributed by atoms with van der Waals surface area (Å²) in [5.41, 5.74) is 2.92. The van der Waals surface area contributed by atoms with E-state index in [1.165, 1.54) is 12.5 Å². The number of aryl methyl sites for hydroxylation is 1. The Balaban J connectivity index is 0.00000153. The van der Waals surface area contributed by atoms with Crippen LogP contribution in [-0.4, -0.2) is 36.4 Å². The van der Waals surface area contributed by atoms with E-state index in [1.807, 2.05) is 30.3 Å². The van der Waals surface area contributed by atoms with E-state index in [4.69, 9.17) is 5.26 Å². The standard InChI is InChI=1S/C27H33F6N.C2H3N/c1-3-34(16-15-20-7-5-4-6-8-20)19(2)9-10-21-11-13-22(14-12-21)23-17-24(26(28,29)30)25(18-23)27(31,32)33;1-2-3/h4-8,11-14,19,23-25H,3,9-10,15-18H2,1-2H3;1H3. The molecular formula is C29H36F6N2. The van der Waals surface area contributed by atoms with E-state index in [0.29, 0.717) is 11.6 Å². The number of benzene rings is 2. The summed E-state index contributed by atoms with van der Waals surface area (Å²) in [6, 6.07) is 19.6. The molecule has 0 N–H and O–H groups in total. The number of hydrogen-bond acceptors (Lipinski definition) is 2. The lowest BCUT2D eigenvalue weighted by molar-refractivity contribution is -0.245. The van der Waals surface area contributed by atoms with Crippen LogP contribution in [0.3, 0.4) is 0 Å². The lowest BCUT2D eigenvalue weighted by atomic mass is 9.94. The minimum atomic E-state index is -4.84. The summed E-state index contributed by atoms with van der Waals surface area (Å²) >= 11 is 0. The molecule has 0 radical (unpaired) electrons. The van der Waals surface area contributed by atoms with Crippen molar-refractivity contribution in [2.45, 2.75) is 77.2 Å². The molecule has 204 valence electrons. The number of halogens is 6. The fourth-order valence-electron chi connectivity index (χ4n) is 5.16. The number of rotatable bonds is 9. The van der Waals surface area contributed by atoms with Crippen molar-refractivity contribution in [2.24, 2.45) is 11.8 Å². The van der Waals surface area contributed by atoms with Gasteiger partial charge in [0.1, 0.15) is 0 Å². The number of likely N-dealkylation sites (N-methyl/N-ethyl adjacent to an activating group) is 1. The minimum absolute atomic E-state index is 0.364. The van der Waals surface area contributed by atoms with Gasteiger partial charge < -0.3 is 4.90 Å². The highest BCUT2D eigenvalue weighted by Crippen LogP contribution is 2.54. The molecule has 2 nitrogen and oxygen atoms in total. The smallest absolute Gasteiger partial charge is 0.301 e. The molecule has 2 aromatic carbocycles. The van der Waals surface area contributed by atoms with Crippen molar-refractivity contribution in [3.63, 3.8) is 0 Å². The van der Waals surface area contributed by atoms with E-state index >= 15 is 0 Å². The second-order valence-corrected chi connectivity index (χ2v) is 9.68. The van der Waals surface area contributed by atoms with E-state index in [9.17, 15) is 26.3 Å². The van der Waals surface area contributed by atoms with Gasteiger partial charge >= 0.3 is 12.4 Å². The fraction of sp³-hybridized carbons (Fsp3) is 0.552. The summed E-state index contributed by atoms with van der Waals surface area (Å²) in [6.07, 6.45) is -7.96. The van der Waals surface area contributed by atoms with Crippen LogP contribution in [0.15, 0.2) is 54.6 Å². The normalized spacial score (nSPS) is 20.7. The first-order chi connectivity index (χ1) is 17.4. The largest absolute Gasteiger partial charge is 0.392 e. The second kappa shape index (κ2) is 13.9. The number of alkyl halides is 6. The summed E-state index contributed by atoms with van der Waals surface area (Å²) < 4.78 is 79.3. The van der Waals surface area contributed by atoms with Gasteiger partial charge in [-0.05, 0) is 68.2 Å². The number of nitrogens with zero attached hydrogens (tertiary/aromatic N) is 2. The van der Waals surface area contributed by atoms with Crippen LogP contribution in [0.5, 0.6) is 0 Å². The summed E-state index contributed by atoms with van der Waals surface area (Å²) in [5, 5.41) is 7.32. The Labute approximate surface area is 216 Å². The average molecular weight is 527 g/mol. The Hall–Kier alpha value is -2.53. The monoisotopic (exact) mass is 526 g/mol. The third-order valence-electron chi connectivity index (χ3n) is 7.27. The molecule has 0 spiro atoms. The summed E-state index contributed by atoms with van der Waals surface area (Å²) in [7, 11) is 0. The Morgan fingerprint density at radius 2 is 1.35 bits per heavy atom. The van der Waals surface area contributed by atoms with Crippen molar-refractivity contribution in [1.29, 1.82) is 5.26 Å². The molecule has 8 heteroatoms. The van der Waals surface area contributed by atoms with Crippen molar-refractivity contribution >= 4 is 0 Å². The summed E-state index contributed by atoms with van der Waals surface area (Å²) in [5.74, 6) is -5.37. The van der Waals surface area contributed by atoms with Gasteiger partial charge in [-0.3, -0.25) is 0 Å². The molecule has 0 aliphatic heterocycles. The molecule has 3 atom stereocenters. The molecule has 1 fully saturated rings. The van der Waals surface area contributed by atoms with Crippen molar-refractivity contribution in [3.05, 3.63) is 71.3 Å². The van der Waals surface area contributed by atoms with Gasteiger partial charge in [-0.1, -0.05) is 61.5 Å². The zero-order chi connectivity index (χ0) is 27.6. The zero-order valence-corrected chi connectivity index (χ0v) is 21.6. The molecule has 1 aliphatic rings. The topological polar surface area (TPSA) is 27.0 Å². The van der Waals surface area contributed by atoms with Gasteiger partial charge in [0, 0.05) is 19.5 Å². The van der Waals surface area contributed by atoms with Crippen molar-refractivity contribution in [3.8, 4) is 6.07 Å². The van der Waals surface area contributed by atoms with Crippen LogP contribution in [0.25, 0.3) is 0 Å². The molecule has 37 heavy (non-hydrogen) atoms. The summed E-state index contributed by atoms with van der Waals surface area (Å²) in [6.45, 7) is 7.66. The first kappa shape index (κ1) is 30.7. The first-order valence-electron chi connectivity index (χ1n) is 12.7. The molecule has 1 saturated carbocycles. The van der Waals surface area contributed by atoms with Crippen molar-refractivity contribution in [1.82, 2.24) is 4.90 Å². The van der Waals surface area contributed by atoms with Gasteiger partial charge in [-0.15, -0.1) is 0 Å². The number of nitriles is 1. The van der Waals surface area contributed by atoms with E-state index < -0.39 is 42.9 Å². The molecule has 1 aliphatic carbocycles. The van der Waals surface area contributed by atoms with Crippen molar-refractivity contribution in [2.75, 3.05) is 13.1 Å². The molecule has 2 aromatic rings. The molecule has 0 amide bonds. The predicted octanol–water partition coefficient (Wildman–Crippen LogP) is 8.34. The predicted molar refractivity (Wildman–Crippen MR) is 134 cm³/mol. The first-order valence-corrected chi connectivity index (χ1v) is 12.7. The van der Waals surface area contributed by atoms with Gasteiger partial charge in [0.05, 0.1) is 17.9 Å². The maximum Gasteiger partial charge on any atom is 0.392 e. The van der Waals surface area contributed by atoms with Gasteiger partial charge in [0.15, 0.2) is 0 Å². The van der Waals surface area contributed by atoms with Crippen LogP contribution in [-0.2, 0) is 12.8 Å². The highest BCUT2D eigenvalue weighted by atomic mass is 19.4. The quantitative estimate of drug-likeness (QED) is 0.307. The van der Waals surface area contributed by atoms with Crippen LogP contribution in [0.1, 0.15) is 62.6 Å². The van der Waals surface area contributed by atoms with Crippen LogP contribution >= 0.6 is 0 Å². The van der Waals surface area contributed by atoms with E-state index in [2.05, 4.69) is 30.9 Å². The van der Waals surface area contributed by atoms with E-state index in [-0.39, 0.29) is 0 Å². The molecular weight excluding hydrogens is 490 g/mol. The number of hydrogen-bond donors (Lipinski definition) is 0. The lowest BCUT2D eigenvalue weighted by Crippen LogP contribution is -2.35. The summed E-state index contributed by atoms with van der Waals surface area (Å²) in [4.78, 5) is 2.43. The molecule has 0 saturated heterocycles. The third-order valence-corrected chi connectivity index (χ3v) is 7.27. The molecule has 3 unspecified atom stereocenters. The van der Waals surface area contributed by atoms with Gasteiger partial charge in [0.25, 0.3) is 0 Å². The van der Waals surface area contributed by atoms with Gasteiger partial charge in [-0.25, -0.2) is 0 Å². The molecule has 3 rings (SSSR count). The van der Waals surface area contributed by atoms with Crippen LogP contribution in [0.2, 0.25) is 0 Å².